The first kappa shape index (κ1) is 88.2. The minimum Gasteiger partial charge on any atom is -0.461 e. The summed E-state index contributed by atoms with van der Waals surface area (Å²) in [5.74, 6) is -5.33. The molecule has 0 spiro atoms. The minimum absolute atomic E-state index is 0.0541. The standard InChI is InChI=1S/C27H38FNO7.C20H30O5.C16H24O4.C14H22O4/c1-16-11-17(2)27(36-25(34)10-8-6-5-7-9-22(35-4)26(16)28)18(3)21(31)15-20(30)12-19-13-23(32)29-24(33)14-19;1-13-12-14(2)20(15(3)16(4)21)25-18(22)11-9-7-6-8-10-17(24-5)19(13)23;1-12-10-13(2)16(18)14(19-3)8-6-4-5-7-9-15(17)20-11-12;1-10-8-11(2)14(16)12(17-3)6-4-5-7-13(15)18-9-10/h7-11,16,18-20,22,26-27,30H,5-6,12-15H2,1-4H3,(H,29,32,33);8-13,15,17,19-20,23H,6-7H2,1-5H3;6-10,13-14,16,18H,4-5,11H2,1-3H3;4,6,8,11-12,14,16H,5,7,9H2,1-3H3/b9-7+,10-8+,17-11-;10-8+,11-9+,14-12-;8-6+,9-7+,12-10-;6-4+,10-8-/t16-,18-,20-,22+,26-,27?;13-,15-,17+,19+,20?;13-,14+,16+;11-,12+,14+/m1111/s1. The molecule has 21 nitrogen and oxygen atoms in total. The Morgan fingerprint density at radius 2 is 0.909 bits per heavy atom. The van der Waals surface area contributed by atoms with Gasteiger partial charge in [0, 0.05) is 96.0 Å². The number of piperidine rings is 1. The molecule has 5 heterocycles. The summed E-state index contributed by atoms with van der Waals surface area (Å²) in [4.78, 5) is 95.3. The summed E-state index contributed by atoms with van der Waals surface area (Å²) in [7, 11) is 6.17. The fraction of sp³-hybridized carbons (Fsp3) is 0.610. The topological polar surface area (TPSA) is 303 Å². The van der Waals surface area contributed by atoms with E-state index in [4.69, 9.17) is 37.9 Å². The number of rotatable bonds is 12. The largest absolute Gasteiger partial charge is 0.461 e. The number of halogens is 1. The van der Waals surface area contributed by atoms with Crippen LogP contribution in [0.1, 0.15) is 153 Å². The van der Waals surface area contributed by atoms with Gasteiger partial charge in [-0.1, -0.05) is 133 Å². The van der Waals surface area contributed by atoms with Crippen LogP contribution in [0.4, 0.5) is 4.39 Å². The average Bonchev–Trinajstić information content (AvgIpc) is 0.888. The Morgan fingerprint density at radius 1 is 0.535 bits per heavy atom. The van der Waals surface area contributed by atoms with Crippen molar-refractivity contribution in [2.45, 2.75) is 220 Å². The molecule has 0 bridgehead atoms. The lowest BCUT2D eigenvalue weighted by molar-refractivity contribution is -0.147. The lowest BCUT2D eigenvalue weighted by Crippen LogP contribution is -2.40. The number of esters is 4. The van der Waals surface area contributed by atoms with Crippen LogP contribution in [0.3, 0.4) is 0 Å². The van der Waals surface area contributed by atoms with Crippen molar-refractivity contribution in [3.8, 4) is 0 Å². The SMILES string of the molecule is CO[C@H]1/C=C/CC/C=C/C(=O)OC([C@H](C)C(=O)C[C@H](O)CC2CC(=O)NC(=O)C2)/C(C)=C\[C@@H](C)[C@H]1F.CO[C@H]1/C=C/CC/C=C/C(=O)OC([C@H](C)C(C)=O)/C(C)=C\[C@@H](C)[C@@H]1O.CO[C@H]1/C=C/CC/C=C/C(=O)OC/C(C)=C\[C@@H](C)[C@@H]1O.CO[C@H]1/C=C/CCC(=O)OC/C(C)=C\[C@@H](C)[C@@H]1O. The fourth-order valence-corrected chi connectivity index (χ4v) is 11.4. The second-order valence-electron chi connectivity index (χ2n) is 26.2. The summed E-state index contributed by atoms with van der Waals surface area (Å²) in [6.45, 7) is 20.0. The fourth-order valence-electron chi connectivity index (χ4n) is 11.4. The molecule has 0 aromatic heterocycles. The molecule has 0 aromatic rings. The lowest BCUT2D eigenvalue weighted by atomic mass is 9.85. The Balaban J connectivity index is 0.000000467. The van der Waals surface area contributed by atoms with Crippen LogP contribution in [-0.4, -0.2) is 177 Å². The maximum atomic E-state index is 15.1. The Morgan fingerprint density at radius 3 is 1.34 bits per heavy atom. The smallest absolute Gasteiger partial charge is 0.331 e. The van der Waals surface area contributed by atoms with Crippen LogP contribution in [0.15, 0.2) is 132 Å². The van der Waals surface area contributed by atoms with E-state index in [1.807, 2.05) is 96.2 Å². The van der Waals surface area contributed by atoms with E-state index in [2.05, 4.69) is 5.32 Å². The summed E-state index contributed by atoms with van der Waals surface area (Å²) in [5.41, 5.74) is 3.11. The highest BCUT2D eigenvalue weighted by Crippen LogP contribution is 2.29. The number of carbonyl (C=O) groups excluding carboxylic acids is 8. The van der Waals surface area contributed by atoms with Crippen LogP contribution in [0.5, 0.6) is 0 Å². The molecule has 1 fully saturated rings. The first-order chi connectivity index (χ1) is 46.9. The highest BCUT2D eigenvalue weighted by Gasteiger charge is 2.35. The van der Waals surface area contributed by atoms with Crippen molar-refractivity contribution in [2.24, 2.45) is 41.4 Å². The van der Waals surface area contributed by atoms with Crippen molar-refractivity contribution in [3.05, 3.63) is 132 Å². The van der Waals surface area contributed by atoms with Gasteiger partial charge in [-0.25, -0.2) is 18.8 Å². The molecule has 5 rings (SSSR count). The number of aliphatic hydroxyl groups is 4. The van der Waals surface area contributed by atoms with E-state index >= 15 is 4.39 Å². The quantitative estimate of drug-likeness (QED) is 0.0525. The van der Waals surface area contributed by atoms with Crippen molar-refractivity contribution in [2.75, 3.05) is 41.7 Å². The third kappa shape index (κ3) is 34.4. The molecule has 5 aliphatic heterocycles. The average molecular weight is 1390 g/mol. The molecule has 99 heavy (non-hydrogen) atoms. The minimum atomic E-state index is -1.35. The van der Waals surface area contributed by atoms with Crippen LogP contribution < -0.4 is 5.32 Å². The molecule has 5 aliphatic rings. The third-order valence-electron chi connectivity index (χ3n) is 17.4. The monoisotopic (exact) mass is 1390 g/mol. The molecular weight excluding hydrogens is 1280 g/mol. The van der Waals surface area contributed by atoms with Crippen molar-refractivity contribution in [3.63, 3.8) is 0 Å². The molecule has 0 aliphatic carbocycles. The Labute approximate surface area is 586 Å². The Hall–Kier alpha value is -6.89. The number of imide groups is 1. The van der Waals surface area contributed by atoms with Crippen LogP contribution in [0.25, 0.3) is 0 Å². The number of amides is 2. The van der Waals surface area contributed by atoms with E-state index in [1.165, 1.54) is 32.3 Å². The number of hydrogen-bond donors (Lipinski definition) is 5. The van der Waals surface area contributed by atoms with E-state index in [-0.39, 0.29) is 98.3 Å². The number of ether oxygens (including phenoxy) is 8. The summed E-state index contributed by atoms with van der Waals surface area (Å²) < 4.78 is 57.7. The van der Waals surface area contributed by atoms with Gasteiger partial charge in [-0.05, 0) is 114 Å². The van der Waals surface area contributed by atoms with Gasteiger partial charge in [0.2, 0.25) is 11.8 Å². The van der Waals surface area contributed by atoms with Gasteiger partial charge < -0.3 is 58.3 Å². The molecule has 554 valence electrons. The number of allylic oxidation sites excluding steroid dienone is 8. The predicted molar refractivity (Wildman–Crippen MR) is 376 cm³/mol. The van der Waals surface area contributed by atoms with Gasteiger partial charge in [0.1, 0.15) is 67.6 Å². The van der Waals surface area contributed by atoms with Crippen molar-refractivity contribution >= 4 is 47.3 Å². The van der Waals surface area contributed by atoms with E-state index < -0.39 is 96.5 Å². The maximum absolute atomic E-state index is 15.1. The molecule has 5 N–H and O–H groups in total. The van der Waals surface area contributed by atoms with Crippen LogP contribution in [-0.2, 0) is 76.3 Å². The number of hydrogen-bond acceptors (Lipinski definition) is 20. The van der Waals surface area contributed by atoms with Crippen molar-refractivity contribution < 1.29 is 101 Å². The van der Waals surface area contributed by atoms with Crippen LogP contribution >= 0.6 is 0 Å². The van der Waals surface area contributed by atoms with Gasteiger partial charge in [0.15, 0.2) is 0 Å². The molecular formula is C77H114FNO20. The molecule has 0 aromatic carbocycles. The number of methoxy groups -OCH3 is 4. The number of carbonyl (C=O) groups is 8. The van der Waals surface area contributed by atoms with Crippen LogP contribution in [0, 0.1) is 41.4 Å². The van der Waals surface area contributed by atoms with Gasteiger partial charge in [-0.15, -0.1) is 0 Å². The molecule has 0 radical (unpaired) electrons. The normalized spacial score (nSPS) is 33.9. The van der Waals surface area contributed by atoms with Gasteiger partial charge in [0.25, 0.3) is 0 Å². The number of Topliss-reactive ketones (excluding diaryl/α,β-unsaturated/α-hetero) is 2. The molecule has 2 amide bonds. The second kappa shape index (κ2) is 48.0. The molecule has 1 saturated heterocycles. The predicted octanol–water partition coefficient (Wildman–Crippen LogP) is 10.4. The zero-order valence-electron chi connectivity index (χ0n) is 60.9. The Bertz CT molecular complexity index is 2900. The number of aliphatic hydroxyl groups excluding tert-OH is 4. The molecule has 17 atom stereocenters. The molecule has 22 heteroatoms. The lowest BCUT2D eigenvalue weighted by Gasteiger charge is -2.27. The number of cyclic esters (lactones) is 4. The van der Waals surface area contributed by atoms with Gasteiger partial charge >= 0.3 is 23.9 Å². The Kier molecular flexibility index (Phi) is 42.8. The van der Waals surface area contributed by atoms with E-state index in [0.29, 0.717) is 37.7 Å². The number of nitrogens with one attached hydrogen (secondary N) is 1. The first-order valence-corrected chi connectivity index (χ1v) is 34.3. The number of alkyl halides is 1. The van der Waals surface area contributed by atoms with Crippen molar-refractivity contribution in [1.82, 2.24) is 5.32 Å². The zero-order chi connectivity index (χ0) is 74.3. The van der Waals surface area contributed by atoms with E-state index in [0.717, 1.165) is 36.0 Å². The second-order valence-corrected chi connectivity index (χ2v) is 26.2. The first-order valence-electron chi connectivity index (χ1n) is 34.3. The molecule has 0 saturated carbocycles. The van der Waals surface area contributed by atoms with E-state index in [9.17, 15) is 58.8 Å². The maximum Gasteiger partial charge on any atom is 0.331 e. The van der Waals surface area contributed by atoms with Gasteiger partial charge in [0.05, 0.1) is 36.3 Å². The third-order valence-corrected chi connectivity index (χ3v) is 17.4. The summed E-state index contributed by atoms with van der Waals surface area (Å²) >= 11 is 0. The highest BCUT2D eigenvalue weighted by molar-refractivity contribution is 5.97. The summed E-state index contributed by atoms with van der Waals surface area (Å²) in [6, 6.07) is 0. The highest BCUT2D eigenvalue weighted by atomic mass is 19.1. The summed E-state index contributed by atoms with van der Waals surface area (Å²) in [5, 5.41) is 43.7. The van der Waals surface area contributed by atoms with Crippen molar-refractivity contribution in [1.29, 1.82) is 0 Å². The van der Waals surface area contributed by atoms with E-state index in [1.54, 1.807) is 85.5 Å². The van der Waals surface area contributed by atoms with Gasteiger partial charge in [-0.2, -0.15) is 0 Å². The zero-order valence-corrected chi connectivity index (χ0v) is 60.9. The number of ketones is 2. The van der Waals surface area contributed by atoms with Crippen LogP contribution in [0.2, 0.25) is 0 Å². The molecule has 2 unspecified atom stereocenters. The van der Waals surface area contributed by atoms with Gasteiger partial charge in [-0.3, -0.25) is 29.3 Å². The summed E-state index contributed by atoms with van der Waals surface area (Å²) in [6.07, 6.45) is 28.8.